The van der Waals surface area contributed by atoms with Crippen molar-refractivity contribution in [2.45, 2.75) is 19.6 Å². The predicted octanol–water partition coefficient (Wildman–Crippen LogP) is 3.78. The standard InChI is InChI=1S/C15H18ClNO2/c1-3-17-15(11-4-6-12(16)7-5-11)14-9-8-13(19-14)10-18-2/h4-9,15,17H,3,10H2,1-2H3. The summed E-state index contributed by atoms with van der Waals surface area (Å²) in [6.45, 7) is 3.41. The monoisotopic (exact) mass is 279 g/mol. The largest absolute Gasteiger partial charge is 0.462 e. The third-order valence-corrected chi connectivity index (χ3v) is 3.12. The Morgan fingerprint density at radius 1 is 1.21 bits per heavy atom. The molecule has 0 saturated heterocycles. The second-order valence-corrected chi connectivity index (χ2v) is 4.72. The Morgan fingerprint density at radius 2 is 1.95 bits per heavy atom. The van der Waals surface area contributed by atoms with Gasteiger partial charge in [-0.15, -0.1) is 0 Å². The lowest BCUT2D eigenvalue weighted by Gasteiger charge is -2.16. The summed E-state index contributed by atoms with van der Waals surface area (Å²) in [5.74, 6) is 1.71. The van der Waals surface area contributed by atoms with Crippen molar-refractivity contribution >= 4 is 11.6 Å². The summed E-state index contributed by atoms with van der Waals surface area (Å²) in [7, 11) is 1.66. The molecule has 0 bridgehead atoms. The van der Waals surface area contributed by atoms with E-state index in [1.54, 1.807) is 7.11 Å². The highest BCUT2D eigenvalue weighted by atomic mass is 35.5. The van der Waals surface area contributed by atoms with E-state index in [0.717, 1.165) is 28.7 Å². The van der Waals surface area contributed by atoms with E-state index < -0.39 is 0 Å². The number of hydrogen-bond acceptors (Lipinski definition) is 3. The lowest BCUT2D eigenvalue weighted by atomic mass is 10.0. The Hall–Kier alpha value is -1.29. The number of ether oxygens (including phenoxy) is 1. The highest BCUT2D eigenvalue weighted by molar-refractivity contribution is 6.30. The SMILES string of the molecule is CCNC(c1ccc(Cl)cc1)c1ccc(COC)o1. The van der Waals surface area contributed by atoms with Gasteiger partial charge in [-0.3, -0.25) is 0 Å². The van der Waals surface area contributed by atoms with Crippen molar-refractivity contribution in [3.8, 4) is 0 Å². The van der Waals surface area contributed by atoms with Gasteiger partial charge in [0.05, 0.1) is 6.04 Å². The van der Waals surface area contributed by atoms with Crippen LogP contribution in [0.25, 0.3) is 0 Å². The molecular formula is C15H18ClNO2. The van der Waals surface area contributed by atoms with Crippen LogP contribution in [0.1, 0.15) is 30.0 Å². The minimum atomic E-state index is 0.0351. The van der Waals surface area contributed by atoms with E-state index in [2.05, 4.69) is 12.2 Å². The number of methoxy groups -OCH3 is 1. The first-order valence-corrected chi connectivity index (χ1v) is 6.68. The van der Waals surface area contributed by atoms with E-state index in [1.165, 1.54) is 0 Å². The van der Waals surface area contributed by atoms with Crippen LogP contribution in [-0.2, 0) is 11.3 Å². The first-order valence-electron chi connectivity index (χ1n) is 6.31. The van der Waals surface area contributed by atoms with Gasteiger partial charge in [0.25, 0.3) is 0 Å². The summed E-state index contributed by atoms with van der Waals surface area (Å²) in [4.78, 5) is 0. The molecule has 1 aromatic carbocycles. The number of hydrogen-bond donors (Lipinski definition) is 1. The van der Waals surface area contributed by atoms with Gasteiger partial charge < -0.3 is 14.5 Å². The molecule has 1 N–H and O–H groups in total. The second kappa shape index (κ2) is 6.75. The Kier molecular flexibility index (Phi) is 5.02. The van der Waals surface area contributed by atoms with Crippen LogP contribution in [-0.4, -0.2) is 13.7 Å². The van der Waals surface area contributed by atoms with Crippen LogP contribution in [0.15, 0.2) is 40.8 Å². The van der Waals surface area contributed by atoms with Crippen molar-refractivity contribution < 1.29 is 9.15 Å². The lowest BCUT2D eigenvalue weighted by molar-refractivity contribution is 0.162. The van der Waals surface area contributed by atoms with Gasteiger partial charge in [-0.25, -0.2) is 0 Å². The fourth-order valence-corrected chi connectivity index (χ4v) is 2.14. The maximum absolute atomic E-state index is 5.92. The van der Waals surface area contributed by atoms with E-state index >= 15 is 0 Å². The molecule has 0 saturated carbocycles. The summed E-state index contributed by atoms with van der Waals surface area (Å²) < 4.78 is 10.9. The van der Waals surface area contributed by atoms with Gasteiger partial charge in [0, 0.05) is 12.1 Å². The number of rotatable bonds is 6. The highest BCUT2D eigenvalue weighted by Crippen LogP contribution is 2.25. The van der Waals surface area contributed by atoms with Crippen molar-refractivity contribution in [1.82, 2.24) is 5.32 Å². The number of benzene rings is 1. The van der Waals surface area contributed by atoms with Gasteiger partial charge in [-0.1, -0.05) is 30.7 Å². The maximum Gasteiger partial charge on any atom is 0.129 e. The van der Waals surface area contributed by atoms with E-state index in [0.29, 0.717) is 6.61 Å². The van der Waals surface area contributed by atoms with Crippen molar-refractivity contribution in [2.24, 2.45) is 0 Å². The molecule has 2 rings (SSSR count). The van der Waals surface area contributed by atoms with Crippen LogP contribution < -0.4 is 5.32 Å². The fraction of sp³-hybridized carbons (Fsp3) is 0.333. The Labute approximate surface area is 118 Å². The van der Waals surface area contributed by atoms with Gasteiger partial charge >= 0.3 is 0 Å². The molecule has 102 valence electrons. The van der Waals surface area contributed by atoms with Crippen molar-refractivity contribution in [2.75, 3.05) is 13.7 Å². The molecule has 1 atom stereocenters. The summed E-state index contributed by atoms with van der Waals surface area (Å²) in [5.41, 5.74) is 1.13. The third kappa shape index (κ3) is 3.60. The van der Waals surface area contributed by atoms with Crippen molar-refractivity contribution in [3.63, 3.8) is 0 Å². The molecule has 0 aliphatic carbocycles. The topological polar surface area (TPSA) is 34.4 Å². The number of nitrogens with one attached hydrogen (secondary N) is 1. The van der Waals surface area contributed by atoms with Gasteiger partial charge in [0.2, 0.25) is 0 Å². The Balaban J connectivity index is 2.25. The molecule has 3 nitrogen and oxygen atoms in total. The van der Waals surface area contributed by atoms with Gasteiger partial charge in [0.15, 0.2) is 0 Å². The maximum atomic E-state index is 5.92. The normalized spacial score (nSPS) is 12.6. The van der Waals surface area contributed by atoms with Crippen LogP contribution in [0.4, 0.5) is 0 Å². The summed E-state index contributed by atoms with van der Waals surface area (Å²) in [5, 5.41) is 4.15. The first-order chi connectivity index (χ1) is 9.24. The van der Waals surface area contributed by atoms with Crippen LogP contribution in [0.5, 0.6) is 0 Å². The van der Waals surface area contributed by atoms with Gasteiger partial charge in [-0.05, 0) is 36.4 Å². The third-order valence-electron chi connectivity index (χ3n) is 2.87. The predicted molar refractivity (Wildman–Crippen MR) is 76.4 cm³/mol. The van der Waals surface area contributed by atoms with E-state index in [-0.39, 0.29) is 6.04 Å². The average Bonchev–Trinajstić information content (AvgIpc) is 2.86. The molecule has 0 radical (unpaired) electrons. The molecule has 4 heteroatoms. The molecule has 0 aliphatic rings. The van der Waals surface area contributed by atoms with E-state index in [4.69, 9.17) is 20.8 Å². The van der Waals surface area contributed by atoms with Crippen LogP contribution in [0.3, 0.4) is 0 Å². The van der Waals surface area contributed by atoms with E-state index in [1.807, 2.05) is 36.4 Å². The number of furan rings is 1. The summed E-state index contributed by atoms with van der Waals surface area (Å²) >= 11 is 5.92. The molecule has 0 aliphatic heterocycles. The number of halogens is 1. The van der Waals surface area contributed by atoms with Crippen molar-refractivity contribution in [3.05, 3.63) is 58.5 Å². The van der Waals surface area contributed by atoms with Crippen LogP contribution in [0, 0.1) is 0 Å². The molecule has 1 heterocycles. The molecule has 0 amide bonds. The van der Waals surface area contributed by atoms with Gasteiger partial charge in [0.1, 0.15) is 18.1 Å². The van der Waals surface area contributed by atoms with Gasteiger partial charge in [-0.2, -0.15) is 0 Å². The van der Waals surface area contributed by atoms with E-state index in [9.17, 15) is 0 Å². The van der Waals surface area contributed by atoms with Crippen LogP contribution >= 0.6 is 11.6 Å². The molecule has 2 aromatic rings. The quantitative estimate of drug-likeness (QED) is 0.874. The average molecular weight is 280 g/mol. The Morgan fingerprint density at radius 3 is 2.58 bits per heavy atom. The zero-order chi connectivity index (χ0) is 13.7. The second-order valence-electron chi connectivity index (χ2n) is 4.28. The smallest absolute Gasteiger partial charge is 0.129 e. The summed E-state index contributed by atoms with van der Waals surface area (Å²) in [6, 6.07) is 11.8. The zero-order valence-corrected chi connectivity index (χ0v) is 11.9. The fourth-order valence-electron chi connectivity index (χ4n) is 2.01. The van der Waals surface area contributed by atoms with Crippen LogP contribution in [0.2, 0.25) is 5.02 Å². The molecule has 1 aromatic heterocycles. The Bertz CT molecular complexity index is 507. The minimum absolute atomic E-state index is 0.0351. The molecule has 19 heavy (non-hydrogen) atoms. The lowest BCUT2D eigenvalue weighted by Crippen LogP contribution is -2.21. The molecule has 0 spiro atoms. The minimum Gasteiger partial charge on any atom is -0.462 e. The molecular weight excluding hydrogens is 262 g/mol. The van der Waals surface area contributed by atoms with Crippen molar-refractivity contribution in [1.29, 1.82) is 0 Å². The molecule has 0 fully saturated rings. The summed E-state index contributed by atoms with van der Waals surface area (Å²) in [6.07, 6.45) is 0. The highest BCUT2D eigenvalue weighted by Gasteiger charge is 2.16. The first kappa shape index (κ1) is 14.1. The molecule has 1 unspecified atom stereocenters. The zero-order valence-electron chi connectivity index (χ0n) is 11.2.